The average molecular weight is 306 g/mol. The maximum atomic E-state index is 10.9. The number of hydrogen-bond acceptors (Lipinski definition) is 4. The number of rotatable bonds is 10. The van der Waals surface area contributed by atoms with Gasteiger partial charge in [0.25, 0.3) is 0 Å². The van der Waals surface area contributed by atoms with E-state index in [1.165, 1.54) is 11.3 Å². The van der Waals surface area contributed by atoms with Gasteiger partial charge in [-0.2, -0.15) is 0 Å². The van der Waals surface area contributed by atoms with Crippen LogP contribution in [-0.4, -0.2) is 36.3 Å². The van der Waals surface area contributed by atoms with Crippen molar-refractivity contribution in [2.24, 2.45) is 0 Å². The second-order valence-corrected chi connectivity index (χ2v) is 5.79. The molecule has 0 saturated carbocycles. The summed E-state index contributed by atoms with van der Waals surface area (Å²) in [7, 11) is 4.00. The Morgan fingerprint density at radius 1 is 1.24 bits per heavy atom. The number of carbonyl (C=O) groups is 1. The van der Waals surface area contributed by atoms with Crippen molar-refractivity contribution in [2.75, 3.05) is 20.8 Å². The summed E-state index contributed by atoms with van der Waals surface area (Å²) >= 11 is 0. The Bertz CT molecular complexity index is 460. The van der Waals surface area contributed by atoms with Gasteiger partial charge in [-0.05, 0) is 17.7 Å². The molecule has 0 aliphatic carbocycles. The monoisotopic (exact) mass is 306 g/mol. The van der Waals surface area contributed by atoms with E-state index in [-0.39, 0.29) is 5.97 Å². The lowest BCUT2D eigenvalue weighted by molar-refractivity contribution is -0.137. The van der Waals surface area contributed by atoms with Gasteiger partial charge in [0.1, 0.15) is 0 Å². The topological polar surface area (TPSA) is 44.8 Å². The van der Waals surface area contributed by atoms with Crippen LogP contribution in [-0.2, 0) is 9.53 Å². The molecule has 2 radical (unpaired) electrons. The Hall–Kier alpha value is -1.75. The number of hydrogen-bond donors (Lipinski definition) is 0. The summed E-state index contributed by atoms with van der Waals surface area (Å²) in [5.74, 6) is 1.26. The molecule has 21 heavy (non-hydrogen) atoms. The van der Waals surface area contributed by atoms with Crippen molar-refractivity contribution in [2.45, 2.75) is 25.3 Å². The first-order valence-corrected chi connectivity index (χ1v) is 8.17. The number of ether oxygens (including phenoxy) is 3. The first-order chi connectivity index (χ1) is 10.2. The molecule has 0 spiro atoms. The van der Waals surface area contributed by atoms with E-state index in [9.17, 15) is 4.79 Å². The standard InChI is InChI=1S/C16H22O4Si/c1-4-15(17)20-11-6-5-7-12-21-14-10-8-9-13(18-2)16(14)19-3/h4,8-10H,1,5-7,11-12H2,2-3H3. The van der Waals surface area contributed by atoms with Gasteiger partial charge in [-0.25, -0.2) is 4.79 Å². The normalized spacial score (nSPS) is 10.0. The molecule has 0 atom stereocenters. The summed E-state index contributed by atoms with van der Waals surface area (Å²) in [6.07, 6.45) is 4.23. The molecule has 0 amide bonds. The van der Waals surface area contributed by atoms with Crippen LogP contribution in [0.5, 0.6) is 11.5 Å². The third kappa shape index (κ3) is 6.04. The van der Waals surface area contributed by atoms with Crippen LogP contribution in [0, 0.1) is 0 Å². The number of para-hydroxylation sites is 1. The summed E-state index contributed by atoms with van der Waals surface area (Å²) in [6.45, 7) is 3.83. The molecule has 1 rings (SSSR count). The van der Waals surface area contributed by atoms with Gasteiger partial charge in [-0.15, -0.1) is 0 Å². The van der Waals surface area contributed by atoms with E-state index in [1.807, 2.05) is 12.1 Å². The molecule has 0 aromatic heterocycles. The smallest absolute Gasteiger partial charge is 0.330 e. The van der Waals surface area contributed by atoms with Crippen molar-refractivity contribution in [1.82, 2.24) is 0 Å². The van der Waals surface area contributed by atoms with Crippen LogP contribution in [0.25, 0.3) is 0 Å². The number of esters is 1. The highest BCUT2D eigenvalue weighted by molar-refractivity contribution is 6.54. The molecule has 4 nitrogen and oxygen atoms in total. The Morgan fingerprint density at radius 3 is 2.71 bits per heavy atom. The largest absolute Gasteiger partial charge is 0.493 e. The molecular weight excluding hydrogens is 284 g/mol. The second kappa shape index (κ2) is 10.0. The Morgan fingerprint density at radius 2 is 2.05 bits per heavy atom. The highest BCUT2D eigenvalue weighted by atomic mass is 28.2. The summed E-state index contributed by atoms with van der Waals surface area (Å²) in [6, 6.07) is 7.06. The molecule has 0 fully saturated rings. The van der Waals surface area contributed by atoms with E-state index < -0.39 is 0 Å². The van der Waals surface area contributed by atoms with E-state index in [0.717, 1.165) is 36.8 Å². The lowest BCUT2D eigenvalue weighted by Crippen LogP contribution is -2.17. The minimum atomic E-state index is -0.349. The highest BCUT2D eigenvalue weighted by Gasteiger charge is 2.09. The molecule has 1 aromatic rings. The van der Waals surface area contributed by atoms with Crippen molar-refractivity contribution in [1.29, 1.82) is 0 Å². The zero-order chi connectivity index (χ0) is 15.5. The first-order valence-electron chi connectivity index (χ1n) is 6.97. The maximum absolute atomic E-state index is 10.9. The molecule has 114 valence electrons. The molecule has 0 bridgehead atoms. The zero-order valence-electron chi connectivity index (χ0n) is 12.7. The van der Waals surface area contributed by atoms with Crippen molar-refractivity contribution >= 4 is 20.7 Å². The van der Waals surface area contributed by atoms with E-state index in [0.29, 0.717) is 16.1 Å². The summed E-state index contributed by atoms with van der Waals surface area (Å²) in [4.78, 5) is 10.9. The lowest BCUT2D eigenvalue weighted by Gasteiger charge is -2.11. The molecule has 0 N–H and O–H groups in total. The molecule has 0 saturated heterocycles. The molecule has 0 unspecified atom stereocenters. The fourth-order valence-electron chi connectivity index (χ4n) is 1.88. The number of unbranched alkanes of at least 4 members (excludes halogenated alkanes) is 2. The molecule has 0 heterocycles. The van der Waals surface area contributed by atoms with Crippen molar-refractivity contribution in [3.63, 3.8) is 0 Å². The minimum absolute atomic E-state index is 0.349. The molecule has 0 aliphatic heterocycles. The van der Waals surface area contributed by atoms with Gasteiger partial charge in [-0.1, -0.05) is 37.6 Å². The quantitative estimate of drug-likeness (QED) is 0.288. The minimum Gasteiger partial charge on any atom is -0.493 e. The van der Waals surface area contributed by atoms with E-state index in [2.05, 4.69) is 12.6 Å². The van der Waals surface area contributed by atoms with Crippen LogP contribution in [0.4, 0.5) is 0 Å². The van der Waals surface area contributed by atoms with Crippen LogP contribution in [0.2, 0.25) is 6.04 Å². The number of carbonyl (C=O) groups excluding carboxylic acids is 1. The average Bonchev–Trinajstić information content (AvgIpc) is 2.53. The van der Waals surface area contributed by atoms with Gasteiger partial charge in [-0.3, -0.25) is 0 Å². The van der Waals surface area contributed by atoms with Crippen molar-refractivity contribution < 1.29 is 19.0 Å². The summed E-state index contributed by atoms with van der Waals surface area (Å²) < 4.78 is 15.6. The highest BCUT2D eigenvalue weighted by Crippen LogP contribution is 2.23. The summed E-state index contributed by atoms with van der Waals surface area (Å²) in [5.41, 5.74) is 0. The van der Waals surface area contributed by atoms with Crippen molar-refractivity contribution in [3.8, 4) is 11.5 Å². The van der Waals surface area contributed by atoms with Crippen LogP contribution >= 0.6 is 0 Å². The zero-order valence-corrected chi connectivity index (χ0v) is 13.7. The van der Waals surface area contributed by atoms with Gasteiger partial charge in [0.2, 0.25) is 0 Å². The SMILES string of the molecule is C=CC(=O)OCCCCC[Si]c1cccc(OC)c1OC. The van der Waals surface area contributed by atoms with E-state index >= 15 is 0 Å². The van der Waals surface area contributed by atoms with E-state index in [1.54, 1.807) is 14.2 Å². The third-order valence-electron chi connectivity index (χ3n) is 2.95. The molecule has 0 aliphatic rings. The fraction of sp³-hybridized carbons (Fsp3) is 0.438. The predicted octanol–water partition coefficient (Wildman–Crippen LogP) is 2.35. The number of benzene rings is 1. The van der Waals surface area contributed by atoms with Gasteiger partial charge in [0.05, 0.1) is 30.3 Å². The second-order valence-electron chi connectivity index (χ2n) is 4.40. The molecular formula is C16H22O4Si. The van der Waals surface area contributed by atoms with Crippen LogP contribution in [0.1, 0.15) is 19.3 Å². The van der Waals surface area contributed by atoms with Crippen molar-refractivity contribution in [3.05, 3.63) is 30.9 Å². The molecule has 5 heteroatoms. The summed E-state index contributed by atoms with van der Waals surface area (Å²) in [5, 5.41) is 1.19. The Labute approximate surface area is 128 Å². The Kier molecular flexibility index (Phi) is 8.27. The van der Waals surface area contributed by atoms with E-state index in [4.69, 9.17) is 14.2 Å². The third-order valence-corrected chi connectivity index (χ3v) is 4.33. The maximum Gasteiger partial charge on any atom is 0.330 e. The molecule has 1 aromatic carbocycles. The van der Waals surface area contributed by atoms with Gasteiger partial charge in [0, 0.05) is 6.08 Å². The van der Waals surface area contributed by atoms with Crippen LogP contribution in [0.3, 0.4) is 0 Å². The number of methoxy groups -OCH3 is 2. The van der Waals surface area contributed by atoms with Gasteiger partial charge < -0.3 is 14.2 Å². The van der Waals surface area contributed by atoms with Gasteiger partial charge in [0.15, 0.2) is 11.5 Å². The van der Waals surface area contributed by atoms with Gasteiger partial charge >= 0.3 is 5.97 Å². The lowest BCUT2D eigenvalue weighted by atomic mass is 10.3. The van der Waals surface area contributed by atoms with Crippen LogP contribution in [0.15, 0.2) is 30.9 Å². The first kappa shape index (κ1) is 17.3. The predicted molar refractivity (Wildman–Crippen MR) is 84.7 cm³/mol. The van der Waals surface area contributed by atoms with Crippen LogP contribution < -0.4 is 14.7 Å². The Balaban J connectivity index is 2.27. The fourth-order valence-corrected chi connectivity index (χ4v) is 3.18.